The summed E-state index contributed by atoms with van der Waals surface area (Å²) in [6, 6.07) is 3.91. The summed E-state index contributed by atoms with van der Waals surface area (Å²) in [5.74, 6) is 0.837. The van der Waals surface area contributed by atoms with Crippen LogP contribution in [-0.2, 0) is 4.79 Å². The van der Waals surface area contributed by atoms with E-state index in [4.69, 9.17) is 0 Å². The molecule has 0 fully saturated rings. The van der Waals surface area contributed by atoms with Crippen molar-refractivity contribution in [1.29, 1.82) is 0 Å². The fourth-order valence-electron chi connectivity index (χ4n) is 1.45. The molecule has 0 saturated carbocycles. The molecule has 0 aromatic carbocycles. The molecular formula is C13H20N2O. The Hall–Kier alpha value is -1.38. The van der Waals surface area contributed by atoms with Gasteiger partial charge in [0.1, 0.15) is 0 Å². The lowest BCUT2D eigenvalue weighted by Gasteiger charge is -2.12. The van der Waals surface area contributed by atoms with Crippen molar-refractivity contribution >= 4 is 5.91 Å². The van der Waals surface area contributed by atoms with Crippen LogP contribution < -0.4 is 5.32 Å². The van der Waals surface area contributed by atoms with Gasteiger partial charge in [-0.3, -0.25) is 9.78 Å². The van der Waals surface area contributed by atoms with Crippen LogP contribution in [0.5, 0.6) is 0 Å². The summed E-state index contributed by atoms with van der Waals surface area (Å²) in [5.41, 5.74) is 1.11. The number of carbonyl (C=O) groups is 1. The van der Waals surface area contributed by atoms with E-state index < -0.39 is 0 Å². The minimum absolute atomic E-state index is 0.116. The molecule has 88 valence electrons. The summed E-state index contributed by atoms with van der Waals surface area (Å²) in [6.07, 6.45) is 4.09. The number of aromatic nitrogens is 1. The second-order valence-electron chi connectivity index (χ2n) is 4.59. The van der Waals surface area contributed by atoms with Gasteiger partial charge in [-0.15, -0.1) is 0 Å². The SMILES string of the molecule is CC(C)CNC(=O)CC(C)c1cccnc1. The van der Waals surface area contributed by atoms with Crippen LogP contribution in [0, 0.1) is 5.92 Å². The number of pyridine rings is 1. The van der Waals surface area contributed by atoms with Gasteiger partial charge in [0.2, 0.25) is 5.91 Å². The third-order valence-electron chi connectivity index (χ3n) is 2.45. The molecule has 0 aliphatic heterocycles. The highest BCUT2D eigenvalue weighted by Gasteiger charge is 2.11. The minimum atomic E-state index is 0.116. The molecule has 1 unspecified atom stereocenters. The Morgan fingerprint density at radius 1 is 1.44 bits per heavy atom. The van der Waals surface area contributed by atoms with Gasteiger partial charge in [0.25, 0.3) is 0 Å². The van der Waals surface area contributed by atoms with Gasteiger partial charge in [0.05, 0.1) is 0 Å². The Labute approximate surface area is 97.3 Å². The Balaban J connectivity index is 2.40. The smallest absolute Gasteiger partial charge is 0.220 e. The number of nitrogens with zero attached hydrogens (tertiary/aromatic N) is 1. The summed E-state index contributed by atoms with van der Waals surface area (Å²) >= 11 is 0. The molecule has 1 heterocycles. The number of hydrogen-bond acceptors (Lipinski definition) is 2. The maximum Gasteiger partial charge on any atom is 0.220 e. The van der Waals surface area contributed by atoms with E-state index in [1.165, 1.54) is 0 Å². The average Bonchev–Trinajstić information content (AvgIpc) is 2.27. The first-order chi connectivity index (χ1) is 7.59. The molecule has 1 aromatic rings. The largest absolute Gasteiger partial charge is 0.356 e. The molecule has 0 saturated heterocycles. The first-order valence-corrected chi connectivity index (χ1v) is 5.76. The van der Waals surface area contributed by atoms with Crippen LogP contribution in [0.1, 0.15) is 38.7 Å². The van der Waals surface area contributed by atoms with Crippen LogP contribution >= 0.6 is 0 Å². The van der Waals surface area contributed by atoms with Crippen LogP contribution in [0.3, 0.4) is 0 Å². The zero-order valence-electron chi connectivity index (χ0n) is 10.2. The summed E-state index contributed by atoms with van der Waals surface area (Å²) in [6.45, 7) is 6.97. The zero-order chi connectivity index (χ0) is 12.0. The molecule has 3 nitrogen and oxygen atoms in total. The molecule has 0 aliphatic rings. The van der Waals surface area contributed by atoms with E-state index in [0.29, 0.717) is 12.3 Å². The predicted octanol–water partition coefficient (Wildman–Crippen LogP) is 2.35. The van der Waals surface area contributed by atoms with Crippen molar-refractivity contribution in [3.8, 4) is 0 Å². The van der Waals surface area contributed by atoms with Crippen molar-refractivity contribution in [3.05, 3.63) is 30.1 Å². The fourth-order valence-corrected chi connectivity index (χ4v) is 1.45. The highest BCUT2D eigenvalue weighted by atomic mass is 16.1. The highest BCUT2D eigenvalue weighted by Crippen LogP contribution is 2.17. The lowest BCUT2D eigenvalue weighted by Crippen LogP contribution is -2.28. The Bertz CT molecular complexity index is 322. The third kappa shape index (κ3) is 4.43. The molecular weight excluding hydrogens is 200 g/mol. The molecule has 16 heavy (non-hydrogen) atoms. The summed E-state index contributed by atoms with van der Waals surface area (Å²) < 4.78 is 0. The predicted molar refractivity (Wildman–Crippen MR) is 65.1 cm³/mol. The lowest BCUT2D eigenvalue weighted by molar-refractivity contribution is -0.121. The molecule has 0 spiro atoms. The highest BCUT2D eigenvalue weighted by molar-refractivity contribution is 5.76. The van der Waals surface area contributed by atoms with Crippen molar-refractivity contribution < 1.29 is 4.79 Å². The number of nitrogens with one attached hydrogen (secondary N) is 1. The quantitative estimate of drug-likeness (QED) is 0.827. The summed E-state index contributed by atoms with van der Waals surface area (Å²) in [4.78, 5) is 15.7. The fraction of sp³-hybridized carbons (Fsp3) is 0.538. The molecule has 0 radical (unpaired) electrons. The third-order valence-corrected chi connectivity index (χ3v) is 2.45. The van der Waals surface area contributed by atoms with Gasteiger partial charge < -0.3 is 5.32 Å². The Morgan fingerprint density at radius 2 is 2.19 bits per heavy atom. The lowest BCUT2D eigenvalue weighted by atomic mass is 9.99. The van der Waals surface area contributed by atoms with Crippen molar-refractivity contribution in [2.24, 2.45) is 5.92 Å². The van der Waals surface area contributed by atoms with Crippen molar-refractivity contribution in [1.82, 2.24) is 10.3 Å². The normalized spacial score (nSPS) is 12.5. The number of carbonyl (C=O) groups excluding carboxylic acids is 1. The zero-order valence-corrected chi connectivity index (χ0v) is 10.2. The second kappa shape index (κ2) is 6.26. The summed E-state index contributed by atoms with van der Waals surface area (Å²) in [7, 11) is 0. The standard InChI is InChI=1S/C13H20N2O/c1-10(2)8-15-13(16)7-11(3)12-5-4-6-14-9-12/h4-6,9-11H,7-8H2,1-3H3,(H,15,16). The second-order valence-corrected chi connectivity index (χ2v) is 4.59. The van der Waals surface area contributed by atoms with E-state index in [1.807, 2.05) is 25.3 Å². The molecule has 1 amide bonds. The first-order valence-electron chi connectivity index (χ1n) is 5.76. The van der Waals surface area contributed by atoms with Gasteiger partial charge in [-0.05, 0) is 23.5 Å². The van der Waals surface area contributed by atoms with Crippen LogP contribution in [0.25, 0.3) is 0 Å². The molecule has 0 aliphatic carbocycles. The molecule has 3 heteroatoms. The molecule has 1 rings (SSSR count). The average molecular weight is 220 g/mol. The maximum atomic E-state index is 11.6. The summed E-state index contributed by atoms with van der Waals surface area (Å²) in [5, 5.41) is 2.92. The van der Waals surface area contributed by atoms with Gasteiger partial charge >= 0.3 is 0 Å². The van der Waals surface area contributed by atoms with Gasteiger partial charge in [-0.25, -0.2) is 0 Å². The van der Waals surface area contributed by atoms with Gasteiger partial charge in [0, 0.05) is 25.4 Å². The van der Waals surface area contributed by atoms with Crippen molar-refractivity contribution in [2.75, 3.05) is 6.54 Å². The van der Waals surface area contributed by atoms with E-state index in [-0.39, 0.29) is 11.8 Å². The van der Waals surface area contributed by atoms with E-state index in [2.05, 4.69) is 24.1 Å². The van der Waals surface area contributed by atoms with E-state index in [0.717, 1.165) is 12.1 Å². The topological polar surface area (TPSA) is 42.0 Å². The molecule has 1 aromatic heterocycles. The van der Waals surface area contributed by atoms with Gasteiger partial charge in [0.15, 0.2) is 0 Å². The Kier molecular flexibility index (Phi) is 4.96. The van der Waals surface area contributed by atoms with E-state index >= 15 is 0 Å². The van der Waals surface area contributed by atoms with Crippen molar-refractivity contribution in [2.45, 2.75) is 33.1 Å². The van der Waals surface area contributed by atoms with Gasteiger partial charge in [-0.2, -0.15) is 0 Å². The molecule has 0 bridgehead atoms. The molecule has 1 N–H and O–H groups in total. The van der Waals surface area contributed by atoms with Crippen LogP contribution in [0.15, 0.2) is 24.5 Å². The minimum Gasteiger partial charge on any atom is -0.356 e. The first kappa shape index (κ1) is 12.7. The maximum absolute atomic E-state index is 11.6. The van der Waals surface area contributed by atoms with Crippen LogP contribution in [0.4, 0.5) is 0 Å². The monoisotopic (exact) mass is 220 g/mol. The number of hydrogen-bond donors (Lipinski definition) is 1. The molecule has 1 atom stereocenters. The van der Waals surface area contributed by atoms with Gasteiger partial charge in [-0.1, -0.05) is 26.8 Å². The number of rotatable bonds is 5. The van der Waals surface area contributed by atoms with Crippen molar-refractivity contribution in [3.63, 3.8) is 0 Å². The van der Waals surface area contributed by atoms with Crippen LogP contribution in [0.2, 0.25) is 0 Å². The van der Waals surface area contributed by atoms with E-state index in [9.17, 15) is 4.79 Å². The number of amides is 1. The Morgan fingerprint density at radius 3 is 2.75 bits per heavy atom. The van der Waals surface area contributed by atoms with E-state index in [1.54, 1.807) is 6.20 Å². The van der Waals surface area contributed by atoms with Crippen LogP contribution in [-0.4, -0.2) is 17.4 Å².